The molecule has 0 amide bonds. The third-order valence-electron chi connectivity index (χ3n) is 5.25. The molecule has 0 radical (unpaired) electrons. The highest BCUT2D eigenvalue weighted by atomic mass is 36.0. The molecule has 1 N–H and O–H groups in total. The zero-order chi connectivity index (χ0) is 24.1. The van der Waals surface area contributed by atoms with Crippen LogP contribution in [0, 0.1) is 0 Å². The smallest absolute Gasteiger partial charge is 0.354 e. The molecule has 0 spiro atoms. The van der Waals surface area contributed by atoms with E-state index in [0.29, 0.717) is 5.52 Å². The first-order valence-corrected chi connectivity index (χ1v) is 13.0. The molecule has 0 aliphatic carbocycles. The highest BCUT2D eigenvalue weighted by Crippen LogP contribution is 2.38. The van der Waals surface area contributed by atoms with Crippen LogP contribution in [-0.4, -0.2) is 32.2 Å². The van der Waals surface area contributed by atoms with Gasteiger partial charge in [0.25, 0.3) is 0 Å². The number of carboxylic acid groups (broad SMARTS) is 1. The van der Waals surface area contributed by atoms with Crippen molar-refractivity contribution in [2.24, 2.45) is 0 Å². The van der Waals surface area contributed by atoms with Crippen LogP contribution in [0.4, 0.5) is 5.69 Å². The molecule has 4 heterocycles. The van der Waals surface area contributed by atoms with Gasteiger partial charge in [-0.3, -0.25) is 0 Å². The average Bonchev–Trinajstić information content (AvgIpc) is 3.23. The number of rotatable bonds is 1. The lowest BCUT2D eigenvalue weighted by Crippen LogP contribution is -2.25. The quantitative estimate of drug-likeness (QED) is 0.399. The van der Waals surface area contributed by atoms with E-state index in [2.05, 4.69) is 97.0 Å². The first-order valence-electron chi connectivity index (χ1n) is 10.2. The van der Waals surface area contributed by atoms with Gasteiger partial charge in [-0.1, -0.05) is 54.6 Å². The number of anilines is 1. The minimum Gasteiger partial charge on any atom is -0.582 e. The van der Waals surface area contributed by atoms with Gasteiger partial charge < -0.3 is 19.5 Å². The molecule has 9 heteroatoms. The van der Waals surface area contributed by atoms with Crippen molar-refractivity contribution in [1.82, 2.24) is 9.88 Å². The van der Waals surface area contributed by atoms with Crippen LogP contribution < -0.4 is 4.90 Å². The Morgan fingerprint density at radius 3 is 2.47 bits per heavy atom. The number of hydrogen-bond donors (Lipinski definition) is 1. The number of nitrogens with zero attached hydrogens (tertiary/aromatic N) is 3. The molecule has 6 rings (SSSR count). The molecule has 172 valence electrons. The molecule has 3 aromatic rings. The normalized spacial score (nSPS) is 14.7. The predicted molar refractivity (Wildman–Crippen MR) is 139 cm³/mol. The molecule has 0 fully saturated rings. The number of hydrogen-bond acceptors (Lipinski definition) is 5. The number of aromatic nitrogens is 1. The van der Waals surface area contributed by atoms with Gasteiger partial charge in [0.15, 0.2) is 31.0 Å². The summed E-state index contributed by atoms with van der Waals surface area (Å²) in [5.74, 6) is -0.995. The molecule has 1 aromatic heterocycles. The van der Waals surface area contributed by atoms with Gasteiger partial charge in [0.2, 0.25) is 0 Å². The van der Waals surface area contributed by atoms with Gasteiger partial charge in [-0.25, -0.2) is 9.78 Å². The first-order chi connectivity index (χ1) is 16.4. The summed E-state index contributed by atoms with van der Waals surface area (Å²) in [6.45, 7) is 0.910. The molecule has 3 aliphatic heterocycles. The second-order valence-electron chi connectivity index (χ2n) is 7.28. The third-order valence-corrected chi connectivity index (χ3v) is 5.25. The lowest BCUT2D eigenvalue weighted by atomic mass is 10.1. The van der Waals surface area contributed by atoms with Gasteiger partial charge in [0.1, 0.15) is 5.69 Å². The maximum atomic E-state index is 10.6. The van der Waals surface area contributed by atoms with Crippen molar-refractivity contribution in [1.29, 1.82) is 0 Å². The molecule has 0 saturated carbocycles. The van der Waals surface area contributed by atoms with E-state index in [-0.39, 0.29) is 5.69 Å². The van der Waals surface area contributed by atoms with Crippen molar-refractivity contribution < 1.29 is 14.5 Å². The predicted octanol–water partition coefficient (Wildman–Crippen LogP) is 6.06. The summed E-state index contributed by atoms with van der Waals surface area (Å²) < 4.78 is 9.09. The fourth-order valence-electron chi connectivity index (χ4n) is 3.81. The van der Waals surface area contributed by atoms with Gasteiger partial charge in [-0.15, -0.1) is 0 Å². The van der Waals surface area contributed by atoms with E-state index in [1.165, 1.54) is 28.7 Å². The first kappa shape index (κ1) is 23.9. The summed E-state index contributed by atoms with van der Waals surface area (Å²) in [4.78, 5) is 19.2. The molecular weight excluding hydrogens is 493 g/mol. The van der Waals surface area contributed by atoms with Gasteiger partial charge in [0.05, 0.1) is 29.3 Å². The Labute approximate surface area is 208 Å². The largest absolute Gasteiger partial charge is 0.582 e. The lowest BCUT2D eigenvalue weighted by Gasteiger charge is -2.26. The monoisotopic (exact) mass is 511 g/mol. The third kappa shape index (κ3) is 5.46. The standard InChI is InChI=1S/C15H12N2.C10H7NO2.Cl2OS/c1-2-6-13-12(5-1)8-9-15-14-7-3-4-10-16(14)11-17(13)15;12-10(13)9-6-5-7-3-1-2-4-8(7)11-9;1-4(2)3/h1-10H,11H2;1-6H,(H,12,13);. The van der Waals surface area contributed by atoms with Crippen LogP contribution in [-0.2, 0) is 9.60 Å². The molecule has 2 aromatic carbocycles. The molecule has 6 nitrogen and oxygen atoms in total. The van der Waals surface area contributed by atoms with Gasteiger partial charge in [-0.05, 0) is 42.0 Å². The van der Waals surface area contributed by atoms with Crippen LogP contribution in [0.15, 0.2) is 103 Å². The Morgan fingerprint density at radius 2 is 1.68 bits per heavy atom. The van der Waals surface area contributed by atoms with Gasteiger partial charge in [0, 0.05) is 11.6 Å². The Hall–Kier alpha value is -3.23. The van der Waals surface area contributed by atoms with Crippen LogP contribution in [0.25, 0.3) is 17.0 Å². The highest BCUT2D eigenvalue weighted by Gasteiger charge is 2.29. The molecule has 0 unspecified atom stereocenters. The Kier molecular flexibility index (Phi) is 7.59. The topological polar surface area (TPSA) is 79.7 Å². The van der Waals surface area contributed by atoms with Crippen LogP contribution in [0.2, 0.25) is 0 Å². The number of pyridine rings is 1. The van der Waals surface area contributed by atoms with Crippen LogP contribution in [0.5, 0.6) is 0 Å². The maximum absolute atomic E-state index is 10.6. The van der Waals surface area contributed by atoms with Crippen LogP contribution in [0.1, 0.15) is 16.1 Å². The molecule has 0 atom stereocenters. The highest BCUT2D eigenvalue weighted by molar-refractivity contribution is 8.31. The summed E-state index contributed by atoms with van der Waals surface area (Å²) in [5, 5.41) is 9.63. The zero-order valence-electron chi connectivity index (χ0n) is 17.7. The summed E-state index contributed by atoms with van der Waals surface area (Å²) in [6.07, 6.45) is 12.9. The molecule has 0 bridgehead atoms. The fraction of sp³-hybridized carbons (Fsp3) is 0.0400. The minimum absolute atomic E-state index is 0.0821. The summed E-state index contributed by atoms with van der Waals surface area (Å²) >= 11 is 0. The number of fused-ring (bicyclic) bond motifs is 5. The summed E-state index contributed by atoms with van der Waals surface area (Å²) in [6, 6.07) is 19.2. The molecule has 3 aliphatic rings. The number of carbonyl (C=O) groups is 1. The zero-order valence-corrected chi connectivity index (χ0v) is 20.0. The number of benzene rings is 2. The van der Waals surface area contributed by atoms with E-state index < -0.39 is 15.6 Å². The average molecular weight is 512 g/mol. The van der Waals surface area contributed by atoms with E-state index in [1.807, 2.05) is 18.2 Å². The van der Waals surface area contributed by atoms with E-state index in [1.54, 1.807) is 12.1 Å². The minimum atomic E-state index is -1.67. The van der Waals surface area contributed by atoms with Crippen molar-refractivity contribution in [3.8, 4) is 0 Å². The summed E-state index contributed by atoms with van der Waals surface area (Å²) in [7, 11) is 7.36. The van der Waals surface area contributed by atoms with Crippen LogP contribution >= 0.6 is 21.4 Å². The molecule has 34 heavy (non-hydrogen) atoms. The van der Waals surface area contributed by atoms with Crippen LogP contribution in [0.3, 0.4) is 0 Å². The van der Waals surface area contributed by atoms with Crippen molar-refractivity contribution in [3.05, 3.63) is 114 Å². The Bertz CT molecular complexity index is 1330. The van der Waals surface area contributed by atoms with E-state index in [0.717, 1.165) is 12.1 Å². The second-order valence-corrected chi connectivity index (χ2v) is 9.81. The second kappa shape index (κ2) is 10.8. The van der Waals surface area contributed by atoms with E-state index >= 15 is 0 Å². The van der Waals surface area contributed by atoms with Crippen molar-refractivity contribution in [2.45, 2.75) is 0 Å². The maximum Gasteiger partial charge on any atom is 0.354 e. The Morgan fingerprint density at radius 1 is 0.941 bits per heavy atom. The summed E-state index contributed by atoms with van der Waals surface area (Å²) in [5.41, 5.74) is 5.97. The van der Waals surface area contributed by atoms with Crippen molar-refractivity contribution >= 4 is 59.6 Å². The van der Waals surface area contributed by atoms with Gasteiger partial charge in [-0.2, -0.15) is 0 Å². The van der Waals surface area contributed by atoms with Crippen molar-refractivity contribution in [3.63, 3.8) is 0 Å². The Balaban J connectivity index is 0.000000144. The molecule has 0 saturated heterocycles. The lowest BCUT2D eigenvalue weighted by molar-refractivity contribution is 0.0691. The number of halogens is 2. The number of aromatic carboxylic acids is 1. The van der Waals surface area contributed by atoms with Crippen molar-refractivity contribution in [2.75, 3.05) is 11.6 Å². The number of para-hydroxylation sites is 2. The number of allylic oxidation sites excluding steroid dienone is 4. The van der Waals surface area contributed by atoms with Gasteiger partial charge >= 0.3 is 5.97 Å². The fourth-order valence-corrected chi connectivity index (χ4v) is 3.81. The SMILES string of the molecule is C1=CC2=C3C=Cc4ccccc4N3CN2C=C1.O=C(O)c1ccc2ccccc2n1.[O-][S+](Cl)Cl. The van der Waals surface area contributed by atoms with E-state index in [9.17, 15) is 4.79 Å². The molecular formula is C25H19Cl2N3O3S. The number of carboxylic acids is 1. The van der Waals surface area contributed by atoms with E-state index in [4.69, 9.17) is 9.66 Å².